The van der Waals surface area contributed by atoms with Gasteiger partial charge in [-0.25, -0.2) is 0 Å². The molecule has 0 spiro atoms. The molecule has 0 saturated carbocycles. The number of hydrogen-bond donors (Lipinski definition) is 0. The molecule has 0 heterocycles. The Labute approximate surface area is 161 Å². The van der Waals surface area contributed by atoms with Crippen molar-refractivity contribution in [2.45, 2.75) is 79.2 Å². The van der Waals surface area contributed by atoms with E-state index in [2.05, 4.69) is 77.7 Å². The summed E-state index contributed by atoms with van der Waals surface area (Å²) >= 11 is 0. The first-order valence-electron chi connectivity index (χ1n) is 8.85. The molecule has 0 radical (unpaired) electrons. The van der Waals surface area contributed by atoms with Crippen LogP contribution < -0.4 is 0 Å². The summed E-state index contributed by atoms with van der Waals surface area (Å²) in [6.07, 6.45) is 1.23. The van der Waals surface area contributed by atoms with Crippen LogP contribution in [-0.2, 0) is 16.8 Å². The van der Waals surface area contributed by atoms with Crippen molar-refractivity contribution >= 4 is 24.7 Å². The van der Waals surface area contributed by atoms with E-state index in [1.54, 1.807) is 0 Å². The van der Waals surface area contributed by atoms with Crippen molar-refractivity contribution in [3.63, 3.8) is 0 Å². The maximum absolute atomic E-state index is 4.82. The molecule has 142 valence electrons. The molecule has 0 bridgehead atoms. The first-order chi connectivity index (χ1) is 9.70. The molecule has 0 saturated heterocycles. The van der Waals surface area contributed by atoms with Gasteiger partial charge >= 0.3 is 16.8 Å². The van der Waals surface area contributed by atoms with Gasteiger partial charge in [-0.1, -0.05) is 104 Å². The van der Waals surface area contributed by atoms with Crippen LogP contribution in [-0.4, -0.2) is 55.8 Å². The van der Waals surface area contributed by atoms with Gasteiger partial charge in [-0.05, 0) is 19.6 Å². The summed E-state index contributed by atoms with van der Waals surface area (Å²) in [5.74, 6) is 0. The number of hydrogen-bond acceptors (Lipinski definition) is 1. The fraction of sp³-hybridized carbons (Fsp3) is 1.00. The third-order valence-electron chi connectivity index (χ3n) is 2.78. The predicted octanol–water partition coefficient (Wildman–Crippen LogP) is 5.95. The third-order valence-corrected chi connectivity index (χ3v) is 9.32. The van der Waals surface area contributed by atoms with Crippen molar-refractivity contribution in [2.24, 2.45) is 0 Å². The Morgan fingerprint density at radius 2 is 1.09 bits per heavy atom. The molecule has 0 N–H and O–H groups in total. The Morgan fingerprint density at radius 3 is 1.30 bits per heavy atom. The molecule has 0 aromatic carbocycles. The fourth-order valence-electron chi connectivity index (χ4n) is 2.25. The molecular formula is C16H43CoN3Si3+. The van der Waals surface area contributed by atoms with Gasteiger partial charge in [0.15, 0.2) is 0 Å². The zero-order valence-electron chi connectivity index (χ0n) is 17.7. The van der Waals surface area contributed by atoms with Crippen LogP contribution in [0.5, 0.6) is 0 Å². The van der Waals surface area contributed by atoms with Crippen molar-refractivity contribution in [1.82, 2.24) is 4.90 Å². The molecule has 0 aliphatic heterocycles. The Morgan fingerprint density at radius 1 is 0.696 bits per heavy atom. The van der Waals surface area contributed by atoms with Gasteiger partial charge in [0, 0.05) is 0 Å². The van der Waals surface area contributed by atoms with Crippen LogP contribution in [0.3, 0.4) is 0 Å². The van der Waals surface area contributed by atoms with Crippen molar-refractivity contribution in [2.75, 3.05) is 26.2 Å². The van der Waals surface area contributed by atoms with E-state index in [1.807, 2.05) is 0 Å². The number of rotatable bonds is 9. The van der Waals surface area contributed by atoms with E-state index in [9.17, 15) is 0 Å². The van der Waals surface area contributed by atoms with E-state index in [4.69, 9.17) is 9.63 Å². The largest absolute Gasteiger partial charge is 3.00 e. The normalized spacial score (nSPS) is 12.5. The van der Waals surface area contributed by atoms with Crippen LogP contribution in [0.4, 0.5) is 0 Å². The molecule has 0 atom stereocenters. The SMILES string of the molecule is CCN(CC)CCC[N-][Si](C)(C)C.C[Si](C)(C)[N-][Si](C)(C)C.[Co+3]. The summed E-state index contributed by atoms with van der Waals surface area (Å²) in [7, 11) is -3.35. The first kappa shape index (κ1) is 28.8. The average Bonchev–Trinajstić information content (AvgIpc) is 2.23. The summed E-state index contributed by atoms with van der Waals surface area (Å²) in [5, 5.41) is 0. The van der Waals surface area contributed by atoms with Gasteiger partial charge in [0.05, 0.1) is 0 Å². The van der Waals surface area contributed by atoms with E-state index in [-0.39, 0.29) is 16.8 Å². The molecule has 0 amide bonds. The zero-order valence-corrected chi connectivity index (χ0v) is 21.8. The van der Waals surface area contributed by atoms with Crippen LogP contribution in [0.15, 0.2) is 0 Å². The van der Waals surface area contributed by atoms with Crippen molar-refractivity contribution in [3.05, 3.63) is 9.63 Å². The second-order valence-electron chi connectivity index (χ2n) is 8.89. The summed E-state index contributed by atoms with van der Waals surface area (Å²) in [6.45, 7) is 29.7. The summed E-state index contributed by atoms with van der Waals surface area (Å²) < 4.78 is 4.82. The summed E-state index contributed by atoms with van der Waals surface area (Å²) in [6, 6.07) is 0. The monoisotopic (exact) mass is 420 g/mol. The molecule has 3 nitrogen and oxygen atoms in total. The zero-order chi connectivity index (χ0) is 18.0. The van der Waals surface area contributed by atoms with Crippen molar-refractivity contribution in [1.29, 1.82) is 0 Å². The minimum Gasteiger partial charge on any atom is -0.668 e. The second kappa shape index (κ2) is 13.3. The van der Waals surface area contributed by atoms with Crippen LogP contribution >= 0.6 is 0 Å². The van der Waals surface area contributed by atoms with E-state index >= 15 is 0 Å². The molecule has 0 aromatic rings. The van der Waals surface area contributed by atoms with Crippen LogP contribution in [0, 0.1) is 0 Å². The quantitative estimate of drug-likeness (QED) is 0.335. The van der Waals surface area contributed by atoms with Crippen LogP contribution in [0.25, 0.3) is 9.63 Å². The Bertz CT molecular complexity index is 255. The number of nitrogens with zero attached hydrogens (tertiary/aromatic N) is 3. The Hall–Kier alpha value is 1.04. The maximum Gasteiger partial charge on any atom is 3.00 e. The van der Waals surface area contributed by atoms with Gasteiger partial charge in [-0.2, -0.15) is 0 Å². The Balaban J connectivity index is -0.000000354. The van der Waals surface area contributed by atoms with Crippen LogP contribution in [0.1, 0.15) is 20.3 Å². The van der Waals surface area contributed by atoms with Gasteiger partial charge in [0.1, 0.15) is 0 Å². The van der Waals surface area contributed by atoms with Gasteiger partial charge in [0.2, 0.25) is 0 Å². The molecule has 0 aromatic heterocycles. The van der Waals surface area contributed by atoms with Crippen molar-refractivity contribution < 1.29 is 16.8 Å². The minimum atomic E-state index is -1.14. The van der Waals surface area contributed by atoms with Gasteiger partial charge < -0.3 is 14.5 Å². The maximum atomic E-state index is 4.82. The van der Waals surface area contributed by atoms with E-state index in [0.717, 1.165) is 6.54 Å². The molecule has 0 fully saturated rings. The molecule has 23 heavy (non-hydrogen) atoms. The molecular weight excluding hydrogens is 377 g/mol. The minimum absolute atomic E-state index is 0. The third kappa shape index (κ3) is 28.1. The van der Waals surface area contributed by atoms with E-state index in [0.29, 0.717) is 0 Å². The molecule has 0 aliphatic rings. The van der Waals surface area contributed by atoms with Gasteiger partial charge in [-0.3, -0.25) is 0 Å². The standard InChI is InChI=1S/C10H25N2Si.C6H18NSi2.Co/c1-6-12(7-2)10-8-9-11-13(3,4)5;1-8(2,3)7-9(4,5)6;/h6-10H2,1-5H3;1-6H3;/q2*-1;+3. The molecule has 7 heteroatoms. The second-order valence-corrected chi connectivity index (χ2v) is 23.1. The van der Waals surface area contributed by atoms with E-state index in [1.165, 1.54) is 26.1 Å². The average molecular weight is 421 g/mol. The molecule has 0 unspecified atom stereocenters. The molecule has 0 rings (SSSR count). The summed E-state index contributed by atoms with van der Waals surface area (Å²) in [5.41, 5.74) is 0. The van der Waals surface area contributed by atoms with Gasteiger partial charge in [0.25, 0.3) is 0 Å². The van der Waals surface area contributed by atoms with Gasteiger partial charge in [-0.15, -0.1) is 6.54 Å². The summed E-state index contributed by atoms with van der Waals surface area (Å²) in [4.78, 5) is 7.17. The van der Waals surface area contributed by atoms with Crippen LogP contribution in [0.2, 0.25) is 58.9 Å². The fourth-order valence-corrected chi connectivity index (χ4v) is 11.1. The predicted molar refractivity (Wildman–Crippen MR) is 114 cm³/mol. The van der Waals surface area contributed by atoms with Crippen molar-refractivity contribution in [3.8, 4) is 0 Å². The topological polar surface area (TPSA) is 31.4 Å². The van der Waals surface area contributed by atoms with E-state index < -0.39 is 24.7 Å². The first-order valence-corrected chi connectivity index (χ1v) is 19.2. The Kier molecular flexibility index (Phi) is 16.6. The molecule has 0 aliphatic carbocycles. The smallest absolute Gasteiger partial charge is 0.668 e.